The minimum Gasteiger partial charge on any atom is -0.550 e. The van der Waals surface area contributed by atoms with E-state index in [1.807, 2.05) is 54.6 Å². The number of carbonyl (C=O) groups excluding carboxylic acids is 1. The summed E-state index contributed by atoms with van der Waals surface area (Å²) >= 11 is 7.37. The van der Waals surface area contributed by atoms with Crippen molar-refractivity contribution in [1.29, 1.82) is 0 Å². The first-order valence-electron chi connectivity index (χ1n) is 8.87. The fourth-order valence-corrected chi connectivity index (χ4v) is 3.97. The number of hydrogen-bond acceptors (Lipinski definition) is 5. The Kier molecular flexibility index (Phi) is 5.60. The molecular formula is C23H15ClNO3S-. The van der Waals surface area contributed by atoms with Gasteiger partial charge in [0.2, 0.25) is 0 Å². The second kappa shape index (κ2) is 8.47. The molecule has 0 aliphatic rings. The first-order valence-corrected chi connectivity index (χ1v) is 10.1. The summed E-state index contributed by atoms with van der Waals surface area (Å²) in [5.41, 5.74) is 2.25. The van der Waals surface area contributed by atoms with E-state index in [1.165, 1.54) is 11.3 Å². The zero-order valence-corrected chi connectivity index (χ0v) is 16.7. The average Bonchev–Trinajstić information content (AvgIpc) is 3.14. The Balaban J connectivity index is 1.66. The lowest BCUT2D eigenvalue weighted by molar-refractivity contribution is -0.304. The number of aliphatic carboxylic acids is 1. The molecule has 0 fully saturated rings. The summed E-state index contributed by atoms with van der Waals surface area (Å²) in [5.74, 6) is 0.152. The maximum Gasteiger partial charge on any atom is 0.128 e. The van der Waals surface area contributed by atoms with Crippen molar-refractivity contribution in [2.24, 2.45) is 0 Å². The Morgan fingerprint density at radius 2 is 1.83 bits per heavy atom. The molecule has 0 atom stereocenters. The molecule has 0 bridgehead atoms. The number of thiazole rings is 1. The van der Waals surface area contributed by atoms with Crippen LogP contribution in [0, 0.1) is 0 Å². The molecule has 144 valence electrons. The van der Waals surface area contributed by atoms with Crippen LogP contribution in [0.1, 0.15) is 17.0 Å². The van der Waals surface area contributed by atoms with Gasteiger partial charge in [0, 0.05) is 17.4 Å². The third-order valence-electron chi connectivity index (χ3n) is 4.15. The molecule has 0 radical (unpaired) electrons. The number of ether oxygens (including phenoxy) is 1. The molecule has 29 heavy (non-hydrogen) atoms. The van der Waals surface area contributed by atoms with E-state index < -0.39 is 5.97 Å². The Bertz CT molecular complexity index is 1170. The maximum absolute atomic E-state index is 11.3. The van der Waals surface area contributed by atoms with Crippen LogP contribution in [-0.2, 0) is 4.79 Å². The minimum absolute atomic E-state index is 0.220. The SMILES string of the molecule is O=C([O-])C/C(=C\c1cccc(Oc2ccc(Cl)cc2)c1)c1nc2ccccc2s1. The number of halogens is 1. The highest BCUT2D eigenvalue weighted by Crippen LogP contribution is 2.31. The molecule has 0 saturated heterocycles. The largest absolute Gasteiger partial charge is 0.550 e. The fraction of sp³-hybridized carbons (Fsp3) is 0.0435. The van der Waals surface area contributed by atoms with Crippen molar-refractivity contribution in [3.63, 3.8) is 0 Å². The quantitative estimate of drug-likeness (QED) is 0.417. The van der Waals surface area contributed by atoms with E-state index in [9.17, 15) is 9.90 Å². The van der Waals surface area contributed by atoms with E-state index in [0.717, 1.165) is 15.8 Å². The summed E-state index contributed by atoms with van der Waals surface area (Å²) in [6.07, 6.45) is 1.59. The molecule has 0 spiro atoms. The molecule has 1 heterocycles. The van der Waals surface area contributed by atoms with Crippen LogP contribution in [0.15, 0.2) is 72.8 Å². The van der Waals surface area contributed by atoms with Crippen LogP contribution < -0.4 is 9.84 Å². The number of carboxylic acid groups (broad SMARTS) is 1. The summed E-state index contributed by atoms with van der Waals surface area (Å²) in [5, 5.41) is 12.6. The number of carboxylic acids is 1. The average molecular weight is 421 g/mol. The zero-order valence-electron chi connectivity index (χ0n) is 15.2. The Morgan fingerprint density at radius 1 is 1.03 bits per heavy atom. The number of para-hydroxylation sites is 1. The first kappa shape index (κ1) is 19.2. The van der Waals surface area contributed by atoms with E-state index in [-0.39, 0.29) is 6.42 Å². The molecule has 0 aliphatic carbocycles. The highest BCUT2D eigenvalue weighted by Gasteiger charge is 2.10. The van der Waals surface area contributed by atoms with Crippen molar-refractivity contribution in [2.75, 3.05) is 0 Å². The molecule has 0 N–H and O–H groups in total. The van der Waals surface area contributed by atoms with E-state index in [1.54, 1.807) is 24.3 Å². The normalized spacial score (nSPS) is 11.6. The van der Waals surface area contributed by atoms with Gasteiger partial charge in [-0.05, 0) is 65.7 Å². The number of hydrogen-bond donors (Lipinski definition) is 0. The van der Waals surface area contributed by atoms with Crippen LogP contribution in [0.2, 0.25) is 5.02 Å². The van der Waals surface area contributed by atoms with Crippen LogP contribution in [0.5, 0.6) is 11.5 Å². The molecular weight excluding hydrogens is 406 g/mol. The summed E-state index contributed by atoms with van der Waals surface area (Å²) in [6.45, 7) is 0. The standard InChI is InChI=1S/C23H16ClNO3S/c24-17-8-10-18(11-9-17)28-19-5-3-4-15(13-19)12-16(14-22(26)27)23-25-20-6-1-2-7-21(20)29-23/h1-13H,14H2,(H,26,27)/p-1/b16-12+. The summed E-state index contributed by atoms with van der Waals surface area (Å²) in [7, 11) is 0. The summed E-state index contributed by atoms with van der Waals surface area (Å²) in [6, 6.07) is 22.2. The van der Waals surface area contributed by atoms with Crippen molar-refractivity contribution in [3.8, 4) is 11.5 Å². The van der Waals surface area contributed by atoms with Gasteiger partial charge in [-0.2, -0.15) is 0 Å². The van der Waals surface area contributed by atoms with E-state index in [0.29, 0.717) is 27.1 Å². The van der Waals surface area contributed by atoms with Gasteiger partial charge in [-0.25, -0.2) is 4.98 Å². The maximum atomic E-state index is 11.3. The molecule has 1 aromatic heterocycles. The molecule has 6 heteroatoms. The third-order valence-corrected chi connectivity index (χ3v) is 5.52. The van der Waals surface area contributed by atoms with Crippen LogP contribution >= 0.6 is 22.9 Å². The molecule has 0 aliphatic heterocycles. The van der Waals surface area contributed by atoms with Crippen LogP contribution in [0.3, 0.4) is 0 Å². The van der Waals surface area contributed by atoms with Crippen molar-refractivity contribution in [3.05, 3.63) is 88.4 Å². The molecule has 0 amide bonds. The summed E-state index contributed by atoms with van der Waals surface area (Å²) in [4.78, 5) is 15.9. The van der Waals surface area contributed by atoms with Crippen LogP contribution in [0.4, 0.5) is 0 Å². The van der Waals surface area contributed by atoms with Gasteiger partial charge in [-0.15, -0.1) is 11.3 Å². The van der Waals surface area contributed by atoms with Gasteiger partial charge in [0.1, 0.15) is 16.5 Å². The van der Waals surface area contributed by atoms with Gasteiger partial charge in [0.25, 0.3) is 0 Å². The van der Waals surface area contributed by atoms with E-state index >= 15 is 0 Å². The molecule has 4 aromatic rings. The minimum atomic E-state index is -1.15. The first-order chi connectivity index (χ1) is 14.1. The van der Waals surface area contributed by atoms with Crippen molar-refractivity contribution < 1.29 is 14.6 Å². The molecule has 3 aromatic carbocycles. The zero-order chi connectivity index (χ0) is 20.2. The van der Waals surface area contributed by atoms with Crippen molar-refractivity contribution in [1.82, 2.24) is 4.98 Å². The van der Waals surface area contributed by atoms with Gasteiger partial charge in [-0.3, -0.25) is 0 Å². The molecule has 0 saturated carbocycles. The van der Waals surface area contributed by atoms with Gasteiger partial charge in [-0.1, -0.05) is 35.9 Å². The molecule has 0 unspecified atom stereocenters. The van der Waals surface area contributed by atoms with E-state index in [4.69, 9.17) is 16.3 Å². The highest BCUT2D eigenvalue weighted by molar-refractivity contribution is 7.19. The van der Waals surface area contributed by atoms with Gasteiger partial charge in [0.05, 0.1) is 10.2 Å². The lowest BCUT2D eigenvalue weighted by Crippen LogP contribution is -2.22. The Hall–Kier alpha value is -3.15. The van der Waals surface area contributed by atoms with Gasteiger partial charge >= 0.3 is 0 Å². The Morgan fingerprint density at radius 3 is 2.59 bits per heavy atom. The number of aromatic nitrogens is 1. The third kappa shape index (κ3) is 4.83. The number of fused-ring (bicyclic) bond motifs is 1. The van der Waals surface area contributed by atoms with Gasteiger partial charge in [0.15, 0.2) is 0 Å². The van der Waals surface area contributed by atoms with Gasteiger partial charge < -0.3 is 14.6 Å². The second-order valence-electron chi connectivity index (χ2n) is 6.33. The van der Waals surface area contributed by atoms with E-state index in [2.05, 4.69) is 4.98 Å². The Labute approximate surface area is 176 Å². The monoisotopic (exact) mass is 420 g/mol. The van der Waals surface area contributed by atoms with Crippen molar-refractivity contribution >= 4 is 50.8 Å². The number of benzene rings is 3. The smallest absolute Gasteiger partial charge is 0.128 e. The number of rotatable bonds is 6. The predicted octanol–water partition coefficient (Wildman–Crippen LogP) is 5.42. The lowest BCUT2D eigenvalue weighted by Gasteiger charge is -2.08. The second-order valence-corrected chi connectivity index (χ2v) is 7.80. The van der Waals surface area contributed by atoms with Crippen molar-refractivity contribution in [2.45, 2.75) is 6.42 Å². The highest BCUT2D eigenvalue weighted by atomic mass is 35.5. The number of nitrogens with zero attached hydrogens (tertiary/aromatic N) is 1. The summed E-state index contributed by atoms with van der Waals surface area (Å²) < 4.78 is 6.87. The van der Waals surface area contributed by atoms with Crippen LogP contribution in [0.25, 0.3) is 21.9 Å². The predicted molar refractivity (Wildman–Crippen MR) is 115 cm³/mol. The molecule has 4 nitrogen and oxygen atoms in total. The lowest BCUT2D eigenvalue weighted by atomic mass is 10.1. The topological polar surface area (TPSA) is 62.2 Å². The molecule has 4 rings (SSSR count). The van der Waals surface area contributed by atoms with Crippen LogP contribution in [-0.4, -0.2) is 11.0 Å². The fourth-order valence-electron chi connectivity index (χ4n) is 2.86. The number of carbonyl (C=O) groups is 1.